The summed E-state index contributed by atoms with van der Waals surface area (Å²) >= 11 is 1.63. The van der Waals surface area contributed by atoms with Gasteiger partial charge in [0.15, 0.2) is 0 Å². The summed E-state index contributed by atoms with van der Waals surface area (Å²) in [6.07, 6.45) is 9.90. The Balaban J connectivity index is 1.32. The normalized spacial score (nSPS) is 16.2. The summed E-state index contributed by atoms with van der Waals surface area (Å²) in [7, 11) is 4.92. The van der Waals surface area contributed by atoms with Crippen molar-refractivity contribution in [3.63, 3.8) is 0 Å². The lowest BCUT2D eigenvalue weighted by Crippen LogP contribution is -2.66. The highest BCUT2D eigenvalue weighted by molar-refractivity contribution is 7.98. The number of aryl methyl sites for hydroxylation is 2. The molecule has 0 aliphatic carbocycles. The number of hydrogen-bond donors (Lipinski definition) is 4. The number of primary amides is 1. The van der Waals surface area contributed by atoms with E-state index in [2.05, 4.69) is 16.0 Å². The van der Waals surface area contributed by atoms with Gasteiger partial charge in [-0.05, 0) is 42.7 Å². The zero-order valence-electron chi connectivity index (χ0n) is 22.3. The number of thioether (sulfide) groups is 1. The number of nitrogens with two attached hydrogens (primary N) is 1. The molecular weight excluding hydrogens is 532 g/mol. The fourth-order valence-electron chi connectivity index (χ4n) is 4.73. The Labute approximate surface area is 233 Å². The van der Waals surface area contributed by atoms with Gasteiger partial charge in [-0.2, -0.15) is 0 Å². The minimum atomic E-state index is -1.78. The average Bonchev–Trinajstić information content (AvgIpc) is 3.68. The topological polar surface area (TPSA) is 148 Å². The van der Waals surface area contributed by atoms with E-state index in [-0.39, 0.29) is 11.6 Å². The molecule has 0 bridgehead atoms. The highest BCUT2D eigenvalue weighted by atomic mass is 32.2. The van der Waals surface area contributed by atoms with Crippen molar-refractivity contribution < 1.29 is 19.2 Å². The molecule has 3 aromatic heterocycles. The number of rotatable bonds is 7. The molecule has 1 aliphatic rings. The molecule has 1 aromatic carbocycles. The molecule has 5 N–H and O–H groups in total. The second kappa shape index (κ2) is 10.0. The van der Waals surface area contributed by atoms with Gasteiger partial charge in [-0.25, -0.2) is 0 Å². The van der Waals surface area contributed by atoms with Gasteiger partial charge in [0.25, 0.3) is 29.3 Å². The first kappa shape index (κ1) is 26.7. The van der Waals surface area contributed by atoms with Gasteiger partial charge >= 0.3 is 0 Å². The average molecular weight is 561 g/mol. The number of anilines is 2. The highest BCUT2D eigenvalue weighted by Crippen LogP contribution is 2.25. The third-order valence-corrected chi connectivity index (χ3v) is 7.62. The number of carbonyl (C=O) groups excluding carboxylic acids is 4. The van der Waals surface area contributed by atoms with E-state index in [0.717, 1.165) is 15.8 Å². The lowest BCUT2D eigenvalue weighted by molar-refractivity contribution is -0.139. The molecule has 4 heterocycles. The van der Waals surface area contributed by atoms with Crippen LogP contribution < -0.4 is 21.7 Å². The van der Waals surface area contributed by atoms with Crippen molar-refractivity contribution in [1.82, 2.24) is 23.9 Å². The Hall–Kier alpha value is -4.91. The Morgan fingerprint density at radius 1 is 0.925 bits per heavy atom. The summed E-state index contributed by atoms with van der Waals surface area (Å²) in [6, 6.07) is 10.9. The minimum Gasteiger partial charge on any atom is -0.365 e. The summed E-state index contributed by atoms with van der Waals surface area (Å²) < 4.78 is 4.77. The Morgan fingerprint density at radius 2 is 1.60 bits per heavy atom. The van der Waals surface area contributed by atoms with Crippen molar-refractivity contribution in [2.45, 2.75) is 10.6 Å². The van der Waals surface area contributed by atoms with Gasteiger partial charge in [0.1, 0.15) is 11.4 Å². The Bertz CT molecular complexity index is 1710. The maximum atomic E-state index is 13.4. The monoisotopic (exact) mass is 560 g/mol. The molecule has 0 saturated heterocycles. The highest BCUT2D eigenvalue weighted by Gasteiger charge is 2.49. The largest absolute Gasteiger partial charge is 0.365 e. The van der Waals surface area contributed by atoms with Crippen LogP contribution in [0.1, 0.15) is 21.0 Å². The zero-order valence-corrected chi connectivity index (χ0v) is 23.1. The Kier molecular flexibility index (Phi) is 6.67. The molecule has 1 atom stereocenters. The summed E-state index contributed by atoms with van der Waals surface area (Å²) in [5.74, 6) is -2.26. The number of nitrogens with zero attached hydrogens (tertiary/aromatic N) is 4. The molecule has 0 radical (unpaired) electrons. The van der Waals surface area contributed by atoms with E-state index in [1.54, 1.807) is 66.7 Å². The van der Waals surface area contributed by atoms with E-state index in [4.69, 9.17) is 5.73 Å². The van der Waals surface area contributed by atoms with Gasteiger partial charge in [0.2, 0.25) is 0 Å². The SMILES string of the molecule is CSc1ccc2c(ccn2C(=O)c2cc(NC(=O)c3cc(NC(=O)C4(C(N)=O)NC=CN4C)cn3C)cn2C)c1. The molecule has 13 heteroatoms. The number of fused-ring (bicyclic) bond motifs is 1. The second-order valence-corrected chi connectivity index (χ2v) is 10.3. The summed E-state index contributed by atoms with van der Waals surface area (Å²) in [5.41, 5.74) is 5.88. The third-order valence-electron chi connectivity index (χ3n) is 6.90. The molecule has 5 rings (SSSR count). The van der Waals surface area contributed by atoms with Crippen LogP contribution in [-0.4, -0.2) is 61.2 Å². The fraction of sp³-hybridized carbons (Fsp3) is 0.185. The van der Waals surface area contributed by atoms with Gasteiger partial charge in [-0.15, -0.1) is 11.8 Å². The van der Waals surface area contributed by atoms with Crippen LogP contribution in [0.25, 0.3) is 10.9 Å². The van der Waals surface area contributed by atoms with Crippen LogP contribution in [0.2, 0.25) is 0 Å². The van der Waals surface area contributed by atoms with Gasteiger partial charge in [0.05, 0.1) is 16.9 Å². The van der Waals surface area contributed by atoms with Crippen LogP contribution >= 0.6 is 11.8 Å². The molecule has 0 spiro atoms. The lowest BCUT2D eigenvalue weighted by atomic mass is 10.1. The number of likely N-dealkylation sites (N-methyl/N-ethyl adjacent to an activating group) is 1. The van der Waals surface area contributed by atoms with Gasteiger partial charge in [-0.1, -0.05) is 0 Å². The lowest BCUT2D eigenvalue weighted by Gasteiger charge is -2.32. The van der Waals surface area contributed by atoms with Crippen LogP contribution in [0.15, 0.2) is 72.3 Å². The second-order valence-electron chi connectivity index (χ2n) is 9.42. The van der Waals surface area contributed by atoms with E-state index in [9.17, 15) is 19.2 Å². The van der Waals surface area contributed by atoms with Crippen LogP contribution in [-0.2, 0) is 23.7 Å². The summed E-state index contributed by atoms with van der Waals surface area (Å²) in [4.78, 5) is 54.1. The van der Waals surface area contributed by atoms with Crippen molar-refractivity contribution >= 4 is 57.7 Å². The molecule has 206 valence electrons. The molecule has 4 aromatic rings. The minimum absolute atomic E-state index is 0.234. The number of benzene rings is 1. The number of nitrogens with one attached hydrogen (secondary N) is 3. The van der Waals surface area contributed by atoms with E-state index in [1.807, 2.05) is 30.5 Å². The van der Waals surface area contributed by atoms with Gasteiger partial charge in [0, 0.05) is 62.4 Å². The van der Waals surface area contributed by atoms with E-state index in [0.29, 0.717) is 17.1 Å². The molecule has 0 fully saturated rings. The number of aromatic nitrogens is 3. The van der Waals surface area contributed by atoms with Crippen molar-refractivity contribution in [2.75, 3.05) is 23.9 Å². The first-order valence-corrected chi connectivity index (χ1v) is 13.4. The third kappa shape index (κ3) is 4.39. The van der Waals surface area contributed by atoms with Crippen LogP contribution in [0.5, 0.6) is 0 Å². The molecular formula is C27H28N8O4S. The smallest absolute Gasteiger partial charge is 0.281 e. The molecule has 12 nitrogen and oxygen atoms in total. The first-order chi connectivity index (χ1) is 19.0. The van der Waals surface area contributed by atoms with Crippen molar-refractivity contribution in [3.8, 4) is 0 Å². The molecule has 40 heavy (non-hydrogen) atoms. The number of hydrogen-bond acceptors (Lipinski definition) is 7. The fourth-order valence-corrected chi connectivity index (χ4v) is 5.18. The maximum Gasteiger partial charge on any atom is 0.281 e. The standard InChI is InChI=1S/C27H28N8O4S/c1-32-15-18(31-26(39)27(25(28)38)29-8-10-34(27)3)12-21(32)23(36)30-17-13-22(33(2)14-17)24(37)35-9-7-16-11-19(40-4)5-6-20(16)35/h5-15,29H,1-4H3,(H2,28,38)(H,30,36)(H,31,39). The summed E-state index contributed by atoms with van der Waals surface area (Å²) in [5, 5.41) is 9.11. The predicted molar refractivity (Wildman–Crippen MR) is 153 cm³/mol. The number of amides is 3. The van der Waals surface area contributed by atoms with E-state index >= 15 is 0 Å². The first-order valence-electron chi connectivity index (χ1n) is 12.2. The maximum absolute atomic E-state index is 13.4. The zero-order chi connectivity index (χ0) is 28.8. The van der Waals surface area contributed by atoms with Crippen molar-refractivity contribution in [2.24, 2.45) is 19.8 Å². The molecule has 1 unspecified atom stereocenters. The van der Waals surface area contributed by atoms with E-state index in [1.165, 1.54) is 27.9 Å². The van der Waals surface area contributed by atoms with Crippen molar-refractivity contribution in [1.29, 1.82) is 0 Å². The van der Waals surface area contributed by atoms with E-state index < -0.39 is 23.4 Å². The predicted octanol–water partition coefficient (Wildman–Crippen LogP) is 2.11. The molecule has 0 saturated carbocycles. The van der Waals surface area contributed by atoms with Crippen molar-refractivity contribution in [3.05, 3.63) is 78.8 Å². The Morgan fingerprint density at radius 3 is 2.25 bits per heavy atom. The van der Waals surface area contributed by atoms with Gasteiger partial charge < -0.3 is 35.7 Å². The molecule has 1 aliphatic heterocycles. The van der Waals surface area contributed by atoms with Crippen LogP contribution in [0, 0.1) is 0 Å². The molecule has 3 amide bonds. The quantitative estimate of drug-likeness (QED) is 0.200. The van der Waals surface area contributed by atoms with Gasteiger partial charge in [-0.3, -0.25) is 23.7 Å². The number of carbonyl (C=O) groups is 4. The summed E-state index contributed by atoms with van der Waals surface area (Å²) in [6.45, 7) is 0. The van der Waals surface area contributed by atoms with Crippen LogP contribution in [0.4, 0.5) is 11.4 Å². The van der Waals surface area contributed by atoms with Crippen LogP contribution in [0.3, 0.4) is 0 Å².